The maximum atomic E-state index is 12.5. The molecule has 0 spiro atoms. The summed E-state index contributed by atoms with van der Waals surface area (Å²) in [5.41, 5.74) is 5.48. The molecule has 0 saturated heterocycles. The van der Waals surface area contributed by atoms with Crippen LogP contribution in [0.4, 0.5) is 0 Å². The molecule has 164 valence electrons. The predicted octanol–water partition coefficient (Wildman–Crippen LogP) is 2.23. The van der Waals surface area contributed by atoms with Crippen LogP contribution in [0, 0.1) is 0 Å². The first-order valence-corrected chi connectivity index (χ1v) is 9.39. The molecule has 0 bridgehead atoms. The van der Waals surface area contributed by atoms with Gasteiger partial charge in [-0.15, -0.1) is 0 Å². The topological polar surface area (TPSA) is 107 Å². The van der Waals surface area contributed by atoms with E-state index in [1.165, 1.54) is 33.5 Å². The van der Waals surface area contributed by atoms with Gasteiger partial charge in [0.15, 0.2) is 16.6 Å². The van der Waals surface area contributed by atoms with E-state index < -0.39 is 11.8 Å². The van der Waals surface area contributed by atoms with E-state index in [1.54, 1.807) is 30.3 Å². The SMILES string of the molecule is C=CCOc1ccc(C(=O)NNC(=S)NC(=O)c2cc(OC)c(OC)c(OC)c2)cc1. The minimum atomic E-state index is -0.533. The van der Waals surface area contributed by atoms with E-state index in [2.05, 4.69) is 22.7 Å². The number of methoxy groups -OCH3 is 3. The van der Waals surface area contributed by atoms with Crippen molar-refractivity contribution in [2.45, 2.75) is 0 Å². The molecule has 0 aromatic heterocycles. The lowest BCUT2D eigenvalue weighted by Crippen LogP contribution is -2.48. The molecule has 0 radical (unpaired) electrons. The second-order valence-corrected chi connectivity index (χ2v) is 6.31. The highest BCUT2D eigenvalue weighted by Gasteiger charge is 2.18. The Morgan fingerprint density at radius 2 is 1.55 bits per heavy atom. The van der Waals surface area contributed by atoms with Gasteiger partial charge in [0.25, 0.3) is 11.8 Å². The van der Waals surface area contributed by atoms with Gasteiger partial charge in [0.2, 0.25) is 5.75 Å². The first-order valence-electron chi connectivity index (χ1n) is 8.98. The van der Waals surface area contributed by atoms with Crippen LogP contribution in [0.5, 0.6) is 23.0 Å². The zero-order valence-corrected chi connectivity index (χ0v) is 18.1. The molecular formula is C21H23N3O6S. The van der Waals surface area contributed by atoms with Gasteiger partial charge in [-0.05, 0) is 48.6 Å². The van der Waals surface area contributed by atoms with Crippen LogP contribution in [-0.4, -0.2) is 44.9 Å². The van der Waals surface area contributed by atoms with E-state index in [1.807, 2.05) is 0 Å². The first-order chi connectivity index (χ1) is 14.9. The maximum absolute atomic E-state index is 12.5. The second-order valence-electron chi connectivity index (χ2n) is 5.90. The normalized spacial score (nSPS) is 9.77. The van der Waals surface area contributed by atoms with Crippen molar-refractivity contribution in [1.29, 1.82) is 0 Å². The largest absolute Gasteiger partial charge is 0.493 e. The molecule has 0 fully saturated rings. The molecule has 2 aromatic carbocycles. The Morgan fingerprint density at radius 3 is 2.06 bits per heavy atom. The standard InChI is InChI=1S/C21H23N3O6S/c1-5-10-30-15-8-6-13(7-9-15)20(26)23-24-21(31)22-19(25)14-11-16(27-2)18(29-4)17(12-14)28-3/h5-9,11-12H,1,10H2,2-4H3,(H,23,26)(H2,22,24,25,31). The molecule has 9 nitrogen and oxygen atoms in total. The Bertz CT molecular complexity index is 937. The number of hydrazine groups is 1. The van der Waals surface area contributed by atoms with E-state index >= 15 is 0 Å². The second kappa shape index (κ2) is 11.4. The molecule has 0 heterocycles. The maximum Gasteiger partial charge on any atom is 0.269 e. The summed E-state index contributed by atoms with van der Waals surface area (Å²) in [6, 6.07) is 9.45. The molecule has 0 aliphatic carbocycles. The molecule has 0 unspecified atom stereocenters. The van der Waals surface area contributed by atoms with Crippen molar-refractivity contribution in [1.82, 2.24) is 16.2 Å². The average Bonchev–Trinajstić information content (AvgIpc) is 2.80. The molecule has 2 aromatic rings. The van der Waals surface area contributed by atoms with Crippen LogP contribution in [0.25, 0.3) is 0 Å². The first kappa shape index (κ1) is 23.5. The summed E-state index contributed by atoms with van der Waals surface area (Å²) < 4.78 is 21.0. The summed E-state index contributed by atoms with van der Waals surface area (Å²) in [5.74, 6) is 0.627. The van der Waals surface area contributed by atoms with Gasteiger partial charge in [0, 0.05) is 11.1 Å². The van der Waals surface area contributed by atoms with E-state index in [0.29, 0.717) is 35.2 Å². The molecular weight excluding hydrogens is 422 g/mol. The van der Waals surface area contributed by atoms with Crippen LogP contribution in [0.2, 0.25) is 0 Å². The molecule has 0 saturated carbocycles. The van der Waals surface area contributed by atoms with Crippen molar-refractivity contribution in [3.05, 3.63) is 60.2 Å². The number of thiocarbonyl (C=S) groups is 1. The van der Waals surface area contributed by atoms with Gasteiger partial charge in [-0.2, -0.15) is 0 Å². The Labute approximate surface area is 185 Å². The van der Waals surface area contributed by atoms with E-state index in [4.69, 9.17) is 31.2 Å². The number of hydrogen-bond donors (Lipinski definition) is 3. The average molecular weight is 445 g/mol. The number of nitrogens with one attached hydrogen (secondary N) is 3. The molecule has 2 amide bonds. The number of carbonyl (C=O) groups is 2. The van der Waals surface area contributed by atoms with Crippen molar-refractivity contribution in [2.75, 3.05) is 27.9 Å². The summed E-state index contributed by atoms with van der Waals surface area (Å²) in [4.78, 5) is 24.7. The Balaban J connectivity index is 1.95. The molecule has 3 N–H and O–H groups in total. The van der Waals surface area contributed by atoms with Gasteiger partial charge in [0.05, 0.1) is 21.3 Å². The summed E-state index contributed by atoms with van der Waals surface area (Å²) in [6.45, 7) is 3.94. The molecule has 10 heteroatoms. The highest BCUT2D eigenvalue weighted by atomic mass is 32.1. The molecule has 31 heavy (non-hydrogen) atoms. The number of rotatable bonds is 8. The zero-order valence-electron chi connectivity index (χ0n) is 17.3. The molecule has 0 atom stereocenters. The van der Waals surface area contributed by atoms with Crippen LogP contribution in [0.3, 0.4) is 0 Å². The minimum Gasteiger partial charge on any atom is -0.493 e. The summed E-state index contributed by atoms with van der Waals surface area (Å²) >= 11 is 5.06. The van der Waals surface area contributed by atoms with Crippen molar-refractivity contribution < 1.29 is 28.5 Å². The highest BCUT2D eigenvalue weighted by Crippen LogP contribution is 2.38. The fourth-order valence-electron chi connectivity index (χ4n) is 2.46. The van der Waals surface area contributed by atoms with E-state index in [-0.39, 0.29) is 10.7 Å². The Morgan fingerprint density at radius 1 is 0.935 bits per heavy atom. The number of ether oxygens (including phenoxy) is 4. The zero-order chi connectivity index (χ0) is 22.8. The van der Waals surface area contributed by atoms with Crippen molar-refractivity contribution in [3.8, 4) is 23.0 Å². The summed E-state index contributed by atoms with van der Waals surface area (Å²) in [6.07, 6.45) is 1.62. The number of carbonyl (C=O) groups excluding carboxylic acids is 2. The molecule has 0 aliphatic heterocycles. The van der Waals surface area contributed by atoms with E-state index in [9.17, 15) is 9.59 Å². The van der Waals surface area contributed by atoms with Gasteiger partial charge in [-0.25, -0.2) is 0 Å². The smallest absolute Gasteiger partial charge is 0.269 e. The number of hydrogen-bond acceptors (Lipinski definition) is 7. The lowest BCUT2D eigenvalue weighted by molar-refractivity contribution is 0.0934. The predicted molar refractivity (Wildman–Crippen MR) is 119 cm³/mol. The van der Waals surface area contributed by atoms with E-state index in [0.717, 1.165) is 0 Å². The Kier molecular flexibility index (Phi) is 8.64. The highest BCUT2D eigenvalue weighted by molar-refractivity contribution is 7.80. The Hall–Kier alpha value is -3.79. The van der Waals surface area contributed by atoms with Gasteiger partial charge in [-0.3, -0.25) is 25.8 Å². The van der Waals surface area contributed by atoms with Crippen molar-refractivity contribution in [2.24, 2.45) is 0 Å². The monoisotopic (exact) mass is 445 g/mol. The lowest BCUT2D eigenvalue weighted by atomic mass is 10.1. The van der Waals surface area contributed by atoms with Crippen LogP contribution in [-0.2, 0) is 0 Å². The third-order valence-corrected chi connectivity index (χ3v) is 4.13. The third-order valence-electron chi connectivity index (χ3n) is 3.93. The molecule has 2 rings (SSSR count). The third kappa shape index (κ3) is 6.34. The molecule has 0 aliphatic rings. The summed E-state index contributed by atoms with van der Waals surface area (Å²) in [7, 11) is 4.35. The summed E-state index contributed by atoms with van der Waals surface area (Å²) in [5, 5.41) is 2.36. The van der Waals surface area contributed by atoms with Crippen LogP contribution >= 0.6 is 12.2 Å². The van der Waals surface area contributed by atoms with Gasteiger partial charge in [-0.1, -0.05) is 12.7 Å². The lowest BCUT2D eigenvalue weighted by Gasteiger charge is -2.15. The van der Waals surface area contributed by atoms with Gasteiger partial charge >= 0.3 is 0 Å². The quantitative estimate of drug-likeness (QED) is 0.323. The fraction of sp³-hybridized carbons (Fsp3) is 0.190. The van der Waals surface area contributed by atoms with Crippen LogP contribution in [0.1, 0.15) is 20.7 Å². The van der Waals surface area contributed by atoms with Crippen molar-refractivity contribution in [3.63, 3.8) is 0 Å². The van der Waals surface area contributed by atoms with Crippen LogP contribution in [0.15, 0.2) is 49.1 Å². The van der Waals surface area contributed by atoms with Gasteiger partial charge in [0.1, 0.15) is 12.4 Å². The number of benzene rings is 2. The fourth-order valence-corrected chi connectivity index (χ4v) is 2.61. The van der Waals surface area contributed by atoms with Gasteiger partial charge < -0.3 is 18.9 Å². The number of amides is 2. The van der Waals surface area contributed by atoms with Crippen LogP contribution < -0.4 is 35.1 Å². The minimum absolute atomic E-state index is 0.0990. The van der Waals surface area contributed by atoms with Crippen molar-refractivity contribution >= 4 is 29.1 Å².